The fourth-order valence-electron chi connectivity index (χ4n) is 2.90. The number of hydrogen-bond donors (Lipinski definition) is 1. The van der Waals surface area contributed by atoms with Gasteiger partial charge in [0.25, 0.3) is 5.56 Å². The van der Waals surface area contributed by atoms with Crippen LogP contribution in [-0.4, -0.2) is 35.8 Å². The second-order valence-electron chi connectivity index (χ2n) is 5.99. The van der Waals surface area contributed by atoms with Gasteiger partial charge in [-0.2, -0.15) is 0 Å². The van der Waals surface area contributed by atoms with E-state index in [2.05, 4.69) is 10.3 Å². The molecule has 140 valence electrons. The quantitative estimate of drug-likeness (QED) is 0.675. The van der Waals surface area contributed by atoms with E-state index < -0.39 is 0 Å². The summed E-state index contributed by atoms with van der Waals surface area (Å²) in [5.74, 6) is 0.301. The third kappa shape index (κ3) is 3.92. The predicted molar refractivity (Wildman–Crippen MR) is 104 cm³/mol. The number of aromatic nitrogens is 2. The molecule has 3 rings (SSSR count). The summed E-state index contributed by atoms with van der Waals surface area (Å²) in [6, 6.07) is 7.41. The van der Waals surface area contributed by atoms with Crippen molar-refractivity contribution in [3.8, 4) is 16.9 Å². The number of methoxy groups -OCH3 is 1. The van der Waals surface area contributed by atoms with Gasteiger partial charge in [-0.05, 0) is 36.1 Å². The van der Waals surface area contributed by atoms with E-state index in [1.54, 1.807) is 45.7 Å². The van der Waals surface area contributed by atoms with Crippen LogP contribution in [0.15, 0.2) is 47.7 Å². The zero-order valence-electron chi connectivity index (χ0n) is 15.5. The Hall–Kier alpha value is -3.35. The molecular weight excluding hydrogens is 346 g/mol. The van der Waals surface area contributed by atoms with E-state index in [0.717, 1.165) is 16.5 Å². The van der Waals surface area contributed by atoms with Crippen LogP contribution >= 0.6 is 0 Å². The fraction of sp³-hybridized carbons (Fsp3) is 0.250. The fourth-order valence-corrected chi connectivity index (χ4v) is 2.90. The van der Waals surface area contributed by atoms with Gasteiger partial charge in [0.1, 0.15) is 12.3 Å². The monoisotopic (exact) mass is 367 g/mol. The highest BCUT2D eigenvalue weighted by atomic mass is 16.5. The molecule has 0 spiro atoms. The molecule has 0 saturated heterocycles. The summed E-state index contributed by atoms with van der Waals surface area (Å²) in [7, 11) is 3.29. The van der Waals surface area contributed by atoms with E-state index in [1.807, 2.05) is 18.2 Å². The minimum absolute atomic E-state index is 0.0540. The van der Waals surface area contributed by atoms with Gasteiger partial charge in [-0.3, -0.25) is 14.6 Å². The summed E-state index contributed by atoms with van der Waals surface area (Å²) < 4.78 is 11.9. The molecule has 2 heterocycles. The van der Waals surface area contributed by atoms with Crippen molar-refractivity contribution in [1.29, 1.82) is 0 Å². The van der Waals surface area contributed by atoms with Crippen molar-refractivity contribution < 1.29 is 14.3 Å². The third-order valence-electron chi connectivity index (χ3n) is 4.18. The number of hydrogen-bond acceptors (Lipinski definition) is 6. The van der Waals surface area contributed by atoms with Crippen molar-refractivity contribution in [2.24, 2.45) is 7.05 Å². The zero-order valence-corrected chi connectivity index (χ0v) is 15.5. The predicted octanol–water partition coefficient (Wildman–Crippen LogP) is 2.58. The molecule has 27 heavy (non-hydrogen) atoms. The van der Waals surface area contributed by atoms with Crippen molar-refractivity contribution in [2.45, 2.75) is 6.92 Å². The van der Waals surface area contributed by atoms with Crippen LogP contribution in [0.2, 0.25) is 0 Å². The van der Waals surface area contributed by atoms with Gasteiger partial charge >= 0.3 is 5.97 Å². The maximum Gasteiger partial charge on any atom is 0.325 e. The van der Waals surface area contributed by atoms with E-state index in [4.69, 9.17) is 9.47 Å². The van der Waals surface area contributed by atoms with Crippen molar-refractivity contribution in [3.63, 3.8) is 0 Å². The number of benzene rings is 1. The topological polar surface area (TPSA) is 82.5 Å². The maximum absolute atomic E-state index is 12.4. The van der Waals surface area contributed by atoms with E-state index in [1.165, 1.54) is 4.57 Å². The number of carbonyl (C=O) groups is 1. The molecule has 0 aliphatic rings. The lowest BCUT2D eigenvalue weighted by Crippen LogP contribution is -2.17. The molecule has 0 bridgehead atoms. The van der Waals surface area contributed by atoms with Gasteiger partial charge < -0.3 is 19.4 Å². The SMILES string of the molecule is CCOC(=O)CNc1cc(OC)cc(-c2cn(C)c(=O)c3cnccc23)c1. The van der Waals surface area contributed by atoms with Crippen LogP contribution < -0.4 is 15.6 Å². The van der Waals surface area contributed by atoms with Gasteiger partial charge in [-0.15, -0.1) is 0 Å². The Labute approximate surface area is 156 Å². The molecule has 0 radical (unpaired) electrons. The molecule has 3 aromatic rings. The summed E-state index contributed by atoms with van der Waals surface area (Å²) in [6.07, 6.45) is 5.02. The van der Waals surface area contributed by atoms with E-state index in [9.17, 15) is 9.59 Å². The van der Waals surface area contributed by atoms with E-state index in [-0.39, 0.29) is 18.1 Å². The lowest BCUT2D eigenvalue weighted by molar-refractivity contribution is -0.140. The Morgan fingerprint density at radius 1 is 1.26 bits per heavy atom. The van der Waals surface area contributed by atoms with Crippen LogP contribution in [0.1, 0.15) is 6.92 Å². The number of esters is 1. The minimum atomic E-state index is -0.333. The second-order valence-corrected chi connectivity index (χ2v) is 5.99. The van der Waals surface area contributed by atoms with Gasteiger partial charge in [0.2, 0.25) is 0 Å². The molecule has 1 N–H and O–H groups in total. The first-order chi connectivity index (χ1) is 13.0. The molecule has 0 atom stereocenters. The number of aryl methyl sites for hydroxylation is 1. The lowest BCUT2D eigenvalue weighted by atomic mass is 10.0. The maximum atomic E-state index is 12.4. The molecular formula is C20H21N3O4. The standard InChI is InChI=1S/C20H21N3O4/c1-4-27-19(24)11-22-14-7-13(8-15(9-14)26-3)18-12-23(2)20(25)17-10-21-6-5-16(17)18/h5-10,12,22H,4,11H2,1-3H3. The number of ether oxygens (including phenoxy) is 2. The molecule has 0 aliphatic carbocycles. The average molecular weight is 367 g/mol. The Morgan fingerprint density at radius 3 is 2.81 bits per heavy atom. The molecule has 2 aromatic heterocycles. The highest BCUT2D eigenvalue weighted by Gasteiger charge is 2.12. The molecule has 0 unspecified atom stereocenters. The zero-order chi connectivity index (χ0) is 19.4. The Balaban J connectivity index is 2.08. The number of carbonyl (C=O) groups excluding carboxylic acids is 1. The molecule has 7 heteroatoms. The Bertz CT molecular complexity index is 1040. The molecule has 1 aromatic carbocycles. The first-order valence-corrected chi connectivity index (χ1v) is 8.55. The summed E-state index contributed by atoms with van der Waals surface area (Å²) in [6.45, 7) is 2.15. The highest BCUT2D eigenvalue weighted by molar-refractivity contribution is 5.96. The van der Waals surface area contributed by atoms with Crippen molar-refractivity contribution >= 4 is 22.4 Å². The number of fused-ring (bicyclic) bond motifs is 1. The molecule has 0 amide bonds. The van der Waals surface area contributed by atoms with Crippen LogP contribution in [0.3, 0.4) is 0 Å². The number of nitrogens with one attached hydrogen (secondary N) is 1. The summed E-state index contributed by atoms with van der Waals surface area (Å²) in [4.78, 5) is 28.1. The molecule has 0 saturated carbocycles. The number of nitrogens with zero attached hydrogens (tertiary/aromatic N) is 2. The van der Waals surface area contributed by atoms with Crippen molar-refractivity contribution in [3.05, 3.63) is 53.2 Å². The van der Waals surface area contributed by atoms with Gasteiger partial charge in [-0.1, -0.05) is 0 Å². The van der Waals surface area contributed by atoms with Crippen LogP contribution in [0, 0.1) is 0 Å². The highest BCUT2D eigenvalue weighted by Crippen LogP contribution is 2.32. The van der Waals surface area contributed by atoms with Gasteiger partial charge in [0.05, 0.1) is 19.1 Å². The largest absolute Gasteiger partial charge is 0.497 e. The number of rotatable bonds is 6. The lowest BCUT2D eigenvalue weighted by Gasteiger charge is -2.13. The molecule has 0 aliphatic heterocycles. The Morgan fingerprint density at radius 2 is 2.07 bits per heavy atom. The van der Waals surface area contributed by atoms with Gasteiger partial charge in [0.15, 0.2) is 0 Å². The summed E-state index contributed by atoms with van der Waals surface area (Å²) >= 11 is 0. The molecule has 7 nitrogen and oxygen atoms in total. The summed E-state index contributed by atoms with van der Waals surface area (Å²) in [5, 5.41) is 4.40. The van der Waals surface area contributed by atoms with Crippen molar-refractivity contribution in [2.75, 3.05) is 25.6 Å². The summed E-state index contributed by atoms with van der Waals surface area (Å²) in [5.41, 5.74) is 2.33. The third-order valence-corrected chi connectivity index (χ3v) is 4.18. The smallest absolute Gasteiger partial charge is 0.325 e. The van der Waals surface area contributed by atoms with Crippen LogP contribution in [0.5, 0.6) is 5.75 Å². The van der Waals surface area contributed by atoms with Crippen LogP contribution in [-0.2, 0) is 16.6 Å². The van der Waals surface area contributed by atoms with E-state index in [0.29, 0.717) is 23.4 Å². The van der Waals surface area contributed by atoms with Gasteiger partial charge in [-0.25, -0.2) is 0 Å². The first kappa shape index (κ1) is 18.4. The van der Waals surface area contributed by atoms with E-state index >= 15 is 0 Å². The van der Waals surface area contributed by atoms with Crippen molar-refractivity contribution in [1.82, 2.24) is 9.55 Å². The van der Waals surface area contributed by atoms with Crippen LogP contribution in [0.25, 0.3) is 21.9 Å². The second kappa shape index (κ2) is 7.90. The average Bonchev–Trinajstić information content (AvgIpc) is 2.69. The first-order valence-electron chi connectivity index (χ1n) is 8.55. The Kier molecular flexibility index (Phi) is 5.40. The number of anilines is 1. The minimum Gasteiger partial charge on any atom is -0.497 e. The molecule has 0 fully saturated rings. The normalized spacial score (nSPS) is 10.6. The van der Waals surface area contributed by atoms with Gasteiger partial charge in [0, 0.05) is 43.0 Å². The van der Waals surface area contributed by atoms with Crippen LogP contribution in [0.4, 0.5) is 5.69 Å². The number of pyridine rings is 2.